The maximum atomic E-state index is 8.19. The lowest BCUT2D eigenvalue weighted by Gasteiger charge is -2.21. The molecule has 5 aromatic rings. The van der Waals surface area contributed by atoms with E-state index in [9.17, 15) is 0 Å². The fourth-order valence-electron chi connectivity index (χ4n) is 4.81. The summed E-state index contributed by atoms with van der Waals surface area (Å²) >= 11 is 0. The Labute approximate surface area is 217 Å². The molecule has 37 heavy (non-hydrogen) atoms. The average Bonchev–Trinajstić information content (AvgIpc) is 2.92. The zero-order valence-electron chi connectivity index (χ0n) is 21.5. The molecule has 2 aromatic heterocycles. The van der Waals surface area contributed by atoms with E-state index in [1.807, 2.05) is 50.5 Å². The predicted octanol–water partition coefficient (Wildman–Crippen LogP) is 7.27. The Kier molecular flexibility index (Phi) is 6.64. The van der Waals surface area contributed by atoms with Gasteiger partial charge in [0.2, 0.25) is 0 Å². The van der Waals surface area contributed by atoms with Gasteiger partial charge in [-0.3, -0.25) is 4.98 Å². The lowest BCUT2D eigenvalue weighted by Crippen LogP contribution is -2.09. The second-order valence-corrected chi connectivity index (χ2v) is 9.32. The van der Waals surface area contributed by atoms with Gasteiger partial charge in [0.25, 0.3) is 0 Å². The number of rotatable bonds is 7. The van der Waals surface area contributed by atoms with Crippen molar-refractivity contribution in [2.24, 2.45) is 0 Å². The molecule has 0 saturated heterocycles. The Balaban J connectivity index is 1.57. The molecular weight excluding hydrogens is 456 g/mol. The molecule has 0 aliphatic carbocycles. The van der Waals surface area contributed by atoms with Crippen LogP contribution in [0.1, 0.15) is 36.6 Å². The first kappa shape index (κ1) is 24.1. The standard InChI is InChI=1S/C31H30N6/c1-19-13-24-17-34-31(22-9-10-29(33-4)26(15-22)20(2)32)16-28(24)27(14-19)21(3)37-30-8-6-5-7-25(30)23-11-12-35-36-18-23/h5-18,21,32-33,37H,1-4H3/t21-/m1/s1. The van der Waals surface area contributed by atoms with Crippen molar-refractivity contribution in [2.45, 2.75) is 26.8 Å². The minimum Gasteiger partial charge on any atom is -0.388 e. The zero-order valence-corrected chi connectivity index (χ0v) is 21.5. The largest absolute Gasteiger partial charge is 0.388 e. The average molecular weight is 487 g/mol. The van der Waals surface area contributed by atoms with E-state index in [4.69, 9.17) is 10.4 Å². The van der Waals surface area contributed by atoms with Gasteiger partial charge in [-0.1, -0.05) is 35.9 Å². The van der Waals surface area contributed by atoms with Gasteiger partial charge in [-0.05, 0) is 68.1 Å². The minimum atomic E-state index is 0.0413. The molecule has 0 aliphatic heterocycles. The van der Waals surface area contributed by atoms with E-state index in [1.165, 1.54) is 11.1 Å². The SMILES string of the molecule is CNc1ccc(-c2cc3c([C@@H](C)Nc4ccccc4-c4ccnnc4)cc(C)cc3cn2)cc1C(C)=N. The molecule has 0 aliphatic rings. The summed E-state index contributed by atoms with van der Waals surface area (Å²) in [4.78, 5) is 4.79. The van der Waals surface area contributed by atoms with Gasteiger partial charge < -0.3 is 16.0 Å². The van der Waals surface area contributed by atoms with Crippen LogP contribution in [0, 0.1) is 12.3 Å². The van der Waals surface area contributed by atoms with Gasteiger partial charge >= 0.3 is 0 Å². The Bertz CT molecular complexity index is 1590. The number of hydrogen-bond donors (Lipinski definition) is 3. The molecule has 0 saturated carbocycles. The first-order valence-electron chi connectivity index (χ1n) is 12.3. The summed E-state index contributed by atoms with van der Waals surface area (Å²) in [6, 6.07) is 23.0. The molecule has 0 spiro atoms. The molecule has 0 bridgehead atoms. The van der Waals surface area contributed by atoms with Gasteiger partial charge in [0.1, 0.15) is 0 Å². The lowest BCUT2D eigenvalue weighted by molar-refractivity contribution is 0.893. The van der Waals surface area contributed by atoms with Gasteiger partial charge in [-0.25, -0.2) is 0 Å². The first-order chi connectivity index (χ1) is 17.9. The van der Waals surface area contributed by atoms with Crippen molar-refractivity contribution in [2.75, 3.05) is 17.7 Å². The van der Waals surface area contributed by atoms with Crippen LogP contribution in [0.25, 0.3) is 33.2 Å². The summed E-state index contributed by atoms with van der Waals surface area (Å²) in [5.41, 5.74) is 9.76. The van der Waals surface area contributed by atoms with Crippen molar-refractivity contribution in [3.63, 3.8) is 0 Å². The highest BCUT2D eigenvalue weighted by atomic mass is 15.1. The van der Waals surface area contributed by atoms with Crippen LogP contribution >= 0.6 is 0 Å². The van der Waals surface area contributed by atoms with Crippen molar-refractivity contribution in [3.8, 4) is 22.4 Å². The highest BCUT2D eigenvalue weighted by Crippen LogP contribution is 2.34. The number of aromatic nitrogens is 3. The van der Waals surface area contributed by atoms with Crippen LogP contribution in [-0.2, 0) is 0 Å². The van der Waals surface area contributed by atoms with Gasteiger partial charge in [0.15, 0.2) is 0 Å². The number of para-hydroxylation sites is 1. The van der Waals surface area contributed by atoms with Gasteiger partial charge in [0, 0.05) is 64.0 Å². The topological polar surface area (TPSA) is 86.6 Å². The van der Waals surface area contributed by atoms with Crippen molar-refractivity contribution in [1.29, 1.82) is 5.41 Å². The molecule has 0 amide bonds. The second-order valence-electron chi connectivity index (χ2n) is 9.32. The number of anilines is 2. The summed E-state index contributed by atoms with van der Waals surface area (Å²) in [5, 5.41) is 25.3. The monoisotopic (exact) mass is 486 g/mol. The first-order valence-corrected chi connectivity index (χ1v) is 12.3. The number of nitrogens with zero attached hydrogens (tertiary/aromatic N) is 3. The summed E-state index contributed by atoms with van der Waals surface area (Å²) in [7, 11) is 1.88. The highest BCUT2D eigenvalue weighted by molar-refractivity contribution is 6.02. The van der Waals surface area contributed by atoms with E-state index in [0.717, 1.165) is 50.1 Å². The summed E-state index contributed by atoms with van der Waals surface area (Å²) in [6.45, 7) is 6.12. The molecule has 3 N–H and O–H groups in total. The second kappa shape index (κ2) is 10.2. The van der Waals surface area contributed by atoms with Gasteiger partial charge in [0.05, 0.1) is 18.1 Å². The zero-order chi connectivity index (χ0) is 25.9. The molecule has 3 aromatic carbocycles. The van der Waals surface area contributed by atoms with Crippen molar-refractivity contribution >= 4 is 27.9 Å². The summed E-state index contributed by atoms with van der Waals surface area (Å²) in [6.07, 6.45) is 5.45. The number of fused-ring (bicyclic) bond motifs is 1. The minimum absolute atomic E-state index is 0.0413. The van der Waals surface area contributed by atoms with Gasteiger partial charge in [-0.2, -0.15) is 10.2 Å². The summed E-state index contributed by atoms with van der Waals surface area (Å²) < 4.78 is 0. The summed E-state index contributed by atoms with van der Waals surface area (Å²) in [5.74, 6) is 0. The maximum Gasteiger partial charge on any atom is 0.0708 e. The van der Waals surface area contributed by atoms with E-state index < -0.39 is 0 Å². The molecular formula is C31H30N6. The third-order valence-electron chi connectivity index (χ3n) is 6.66. The Morgan fingerprint density at radius 2 is 1.73 bits per heavy atom. The Morgan fingerprint density at radius 1 is 0.892 bits per heavy atom. The van der Waals surface area contributed by atoms with Crippen molar-refractivity contribution < 1.29 is 0 Å². The van der Waals surface area contributed by atoms with E-state index in [-0.39, 0.29) is 6.04 Å². The Hall–Kier alpha value is -4.58. The fraction of sp³-hybridized carbons (Fsp3) is 0.161. The Morgan fingerprint density at radius 3 is 2.49 bits per heavy atom. The molecule has 6 heteroatoms. The van der Waals surface area contributed by atoms with E-state index >= 15 is 0 Å². The number of hydrogen-bond acceptors (Lipinski definition) is 6. The maximum absolute atomic E-state index is 8.19. The van der Waals surface area contributed by atoms with Crippen LogP contribution in [0.5, 0.6) is 0 Å². The number of nitrogens with one attached hydrogen (secondary N) is 3. The van der Waals surface area contributed by atoms with E-state index in [1.54, 1.807) is 12.4 Å². The van der Waals surface area contributed by atoms with E-state index in [2.05, 4.69) is 71.1 Å². The predicted molar refractivity (Wildman–Crippen MR) is 153 cm³/mol. The molecule has 2 heterocycles. The quantitative estimate of drug-likeness (QED) is 0.211. The molecule has 6 nitrogen and oxygen atoms in total. The highest BCUT2D eigenvalue weighted by Gasteiger charge is 2.15. The van der Waals surface area contributed by atoms with Crippen LogP contribution in [0.4, 0.5) is 11.4 Å². The third-order valence-corrected chi connectivity index (χ3v) is 6.66. The normalized spacial score (nSPS) is 11.8. The molecule has 0 fully saturated rings. The van der Waals surface area contributed by atoms with Crippen LogP contribution in [0.3, 0.4) is 0 Å². The third kappa shape index (κ3) is 4.91. The van der Waals surface area contributed by atoms with Crippen molar-refractivity contribution in [1.82, 2.24) is 15.2 Å². The molecule has 0 unspecified atom stereocenters. The fourth-order valence-corrected chi connectivity index (χ4v) is 4.81. The molecule has 184 valence electrons. The van der Waals surface area contributed by atoms with E-state index in [0.29, 0.717) is 5.71 Å². The number of aryl methyl sites for hydroxylation is 1. The van der Waals surface area contributed by atoms with Crippen LogP contribution < -0.4 is 10.6 Å². The smallest absolute Gasteiger partial charge is 0.0708 e. The van der Waals surface area contributed by atoms with Crippen molar-refractivity contribution in [3.05, 3.63) is 102 Å². The van der Waals surface area contributed by atoms with Crippen LogP contribution in [0.15, 0.2) is 85.3 Å². The molecule has 5 rings (SSSR count). The molecule has 1 atom stereocenters. The van der Waals surface area contributed by atoms with Gasteiger partial charge in [-0.15, -0.1) is 0 Å². The van der Waals surface area contributed by atoms with Crippen LogP contribution in [-0.4, -0.2) is 27.9 Å². The number of pyridine rings is 1. The molecule has 0 radical (unpaired) electrons. The number of benzene rings is 3. The van der Waals surface area contributed by atoms with Crippen LogP contribution in [0.2, 0.25) is 0 Å². The lowest BCUT2D eigenvalue weighted by atomic mass is 9.95.